The van der Waals surface area contributed by atoms with Gasteiger partial charge < -0.3 is 10.1 Å². The molecule has 3 nitrogen and oxygen atoms in total. The number of carbonyl (C=O) groups excluding carboxylic acids is 1. The lowest BCUT2D eigenvalue weighted by Crippen LogP contribution is -2.12. The summed E-state index contributed by atoms with van der Waals surface area (Å²) in [5, 5.41) is 2.79. The van der Waals surface area contributed by atoms with Crippen molar-refractivity contribution < 1.29 is 9.53 Å². The zero-order valence-corrected chi connectivity index (χ0v) is 11.1. The molecule has 0 saturated carbocycles. The van der Waals surface area contributed by atoms with E-state index in [4.69, 9.17) is 4.74 Å². The fourth-order valence-corrected chi connectivity index (χ4v) is 1.89. The fourth-order valence-electron chi connectivity index (χ4n) is 1.89. The minimum absolute atomic E-state index is 0.0142. The summed E-state index contributed by atoms with van der Waals surface area (Å²) >= 11 is 0. The van der Waals surface area contributed by atoms with Crippen LogP contribution in [0.15, 0.2) is 54.3 Å². The Hall–Kier alpha value is -2.29. The molecule has 0 spiro atoms. The second-order valence-corrected chi connectivity index (χ2v) is 4.20. The molecule has 0 fully saturated rings. The quantitative estimate of drug-likeness (QED) is 0.662. The Kier molecular flexibility index (Phi) is 4.18. The van der Waals surface area contributed by atoms with Gasteiger partial charge in [0.05, 0.1) is 0 Å². The first kappa shape index (κ1) is 13.1. The summed E-state index contributed by atoms with van der Waals surface area (Å²) in [5.41, 5.74) is 1.71. The molecule has 3 heteroatoms. The summed E-state index contributed by atoms with van der Waals surface area (Å²) in [4.78, 5) is 11.5. The van der Waals surface area contributed by atoms with E-state index in [1.54, 1.807) is 6.07 Å². The van der Waals surface area contributed by atoms with Gasteiger partial charge >= 0.3 is 0 Å². The van der Waals surface area contributed by atoms with Crippen molar-refractivity contribution in [1.29, 1.82) is 0 Å². The van der Waals surface area contributed by atoms with E-state index in [1.807, 2.05) is 56.4 Å². The molecule has 1 N–H and O–H groups in total. The van der Waals surface area contributed by atoms with Gasteiger partial charge in [-0.1, -0.05) is 18.2 Å². The first-order valence-corrected chi connectivity index (χ1v) is 6.29. The zero-order valence-electron chi connectivity index (χ0n) is 11.1. The summed E-state index contributed by atoms with van der Waals surface area (Å²) in [5.74, 6) is 1.49. The average Bonchev–Trinajstić information content (AvgIpc) is 2.77. The number of rotatable bonds is 4. The molecule has 0 aliphatic carbocycles. The van der Waals surface area contributed by atoms with Gasteiger partial charge in [0.15, 0.2) is 0 Å². The number of hydrogen-bond acceptors (Lipinski definition) is 2. The molecule has 98 valence electrons. The predicted octanol–water partition coefficient (Wildman–Crippen LogP) is 3.34. The Morgan fingerprint density at radius 1 is 1.32 bits per heavy atom. The van der Waals surface area contributed by atoms with Crippen molar-refractivity contribution in [3.05, 3.63) is 65.5 Å². The van der Waals surface area contributed by atoms with Crippen LogP contribution in [0.2, 0.25) is 0 Å². The third-order valence-electron chi connectivity index (χ3n) is 2.78. The lowest BCUT2D eigenvalue weighted by molar-refractivity contribution is 0.0966. The standard InChI is InChI=1S/C16H17NO2/c1-3-5-7-13(6-4-2)19-14-8-9-15-12(10-14)11-17-16(15)18/h3-10H,11H2,1-2H3,(H,17,18)/b5-3+,6-4-,13-7+. The summed E-state index contributed by atoms with van der Waals surface area (Å²) in [6, 6.07) is 5.52. The molecule has 0 saturated heterocycles. The van der Waals surface area contributed by atoms with Gasteiger partial charge in [-0.25, -0.2) is 0 Å². The number of carbonyl (C=O) groups is 1. The van der Waals surface area contributed by atoms with Crippen LogP contribution in [0, 0.1) is 0 Å². The van der Waals surface area contributed by atoms with Crippen LogP contribution in [0.3, 0.4) is 0 Å². The minimum atomic E-state index is -0.0142. The Bertz CT molecular complexity index is 568. The lowest BCUT2D eigenvalue weighted by atomic mass is 10.1. The van der Waals surface area contributed by atoms with Gasteiger partial charge in [-0.05, 0) is 49.8 Å². The number of allylic oxidation sites excluding steroid dienone is 5. The van der Waals surface area contributed by atoms with Gasteiger partial charge in [-0.2, -0.15) is 0 Å². The highest BCUT2D eigenvalue weighted by atomic mass is 16.5. The highest BCUT2D eigenvalue weighted by Gasteiger charge is 2.18. The molecule has 2 rings (SSSR count). The number of nitrogens with one attached hydrogen (secondary N) is 1. The summed E-state index contributed by atoms with van der Waals surface area (Å²) in [7, 11) is 0. The Balaban J connectivity index is 2.21. The predicted molar refractivity (Wildman–Crippen MR) is 76.0 cm³/mol. The topological polar surface area (TPSA) is 38.3 Å². The maximum Gasteiger partial charge on any atom is 0.251 e. The molecule has 19 heavy (non-hydrogen) atoms. The van der Waals surface area contributed by atoms with E-state index in [2.05, 4.69) is 5.32 Å². The normalized spacial score (nSPS) is 15.1. The number of amides is 1. The van der Waals surface area contributed by atoms with Gasteiger partial charge in [0.25, 0.3) is 5.91 Å². The van der Waals surface area contributed by atoms with Gasteiger partial charge in [-0.15, -0.1) is 0 Å². The molecule has 1 aromatic rings. The van der Waals surface area contributed by atoms with Crippen LogP contribution in [0.4, 0.5) is 0 Å². The van der Waals surface area contributed by atoms with E-state index in [9.17, 15) is 4.79 Å². The molecule has 0 unspecified atom stereocenters. The number of fused-ring (bicyclic) bond motifs is 1. The van der Waals surface area contributed by atoms with Crippen molar-refractivity contribution >= 4 is 5.91 Å². The molecule has 1 aliphatic rings. The van der Waals surface area contributed by atoms with E-state index in [1.165, 1.54) is 0 Å². The van der Waals surface area contributed by atoms with Crippen LogP contribution in [-0.2, 0) is 6.54 Å². The van der Waals surface area contributed by atoms with Crippen LogP contribution in [0.5, 0.6) is 5.75 Å². The summed E-state index contributed by atoms with van der Waals surface area (Å²) in [6.45, 7) is 4.47. The van der Waals surface area contributed by atoms with Crippen LogP contribution in [0.25, 0.3) is 0 Å². The largest absolute Gasteiger partial charge is 0.457 e. The number of ether oxygens (including phenoxy) is 1. The first-order valence-electron chi connectivity index (χ1n) is 6.29. The van der Waals surface area contributed by atoms with E-state index in [-0.39, 0.29) is 5.91 Å². The lowest BCUT2D eigenvalue weighted by Gasteiger charge is -2.07. The van der Waals surface area contributed by atoms with Crippen LogP contribution in [-0.4, -0.2) is 5.91 Å². The van der Waals surface area contributed by atoms with Crippen molar-refractivity contribution in [1.82, 2.24) is 5.32 Å². The van der Waals surface area contributed by atoms with Gasteiger partial charge in [0.2, 0.25) is 0 Å². The molecule has 1 heterocycles. The fraction of sp³-hybridized carbons (Fsp3) is 0.188. The molecule has 1 aliphatic heterocycles. The van der Waals surface area contributed by atoms with Gasteiger partial charge in [0.1, 0.15) is 11.5 Å². The summed E-state index contributed by atoms with van der Waals surface area (Å²) in [6.07, 6.45) is 9.59. The molecule has 1 aromatic carbocycles. The number of hydrogen-bond donors (Lipinski definition) is 1. The van der Waals surface area contributed by atoms with E-state index in [0.29, 0.717) is 6.54 Å². The SMILES string of the molecule is C\C=C/C(=C\C=C\C)Oc1ccc2c(c1)CNC2=O. The molecular weight excluding hydrogens is 238 g/mol. The second kappa shape index (κ2) is 6.05. The van der Waals surface area contributed by atoms with Gasteiger partial charge in [0, 0.05) is 12.1 Å². The Morgan fingerprint density at radius 2 is 2.16 bits per heavy atom. The van der Waals surface area contributed by atoms with Crippen LogP contribution in [0.1, 0.15) is 29.8 Å². The third-order valence-corrected chi connectivity index (χ3v) is 2.78. The van der Waals surface area contributed by atoms with Crippen molar-refractivity contribution in [2.24, 2.45) is 0 Å². The first-order chi connectivity index (χ1) is 9.24. The monoisotopic (exact) mass is 255 g/mol. The molecule has 1 amide bonds. The van der Waals surface area contributed by atoms with Gasteiger partial charge in [-0.3, -0.25) is 4.79 Å². The molecular formula is C16H17NO2. The molecule has 0 radical (unpaired) electrons. The van der Waals surface area contributed by atoms with Crippen molar-refractivity contribution in [3.8, 4) is 5.75 Å². The Morgan fingerprint density at radius 3 is 2.89 bits per heavy atom. The molecule has 0 bridgehead atoms. The van der Waals surface area contributed by atoms with Crippen molar-refractivity contribution in [2.45, 2.75) is 20.4 Å². The molecule has 0 aromatic heterocycles. The minimum Gasteiger partial charge on any atom is -0.457 e. The Labute approximate surface area is 113 Å². The number of benzene rings is 1. The van der Waals surface area contributed by atoms with Crippen LogP contribution >= 0.6 is 0 Å². The highest BCUT2D eigenvalue weighted by Crippen LogP contribution is 2.23. The van der Waals surface area contributed by atoms with Crippen molar-refractivity contribution in [3.63, 3.8) is 0 Å². The maximum atomic E-state index is 11.5. The van der Waals surface area contributed by atoms with Crippen molar-refractivity contribution in [2.75, 3.05) is 0 Å². The van der Waals surface area contributed by atoms with Crippen LogP contribution < -0.4 is 10.1 Å². The molecule has 0 atom stereocenters. The van der Waals surface area contributed by atoms with E-state index < -0.39 is 0 Å². The second-order valence-electron chi connectivity index (χ2n) is 4.20. The zero-order chi connectivity index (χ0) is 13.7. The van der Waals surface area contributed by atoms with E-state index >= 15 is 0 Å². The third kappa shape index (κ3) is 3.13. The summed E-state index contributed by atoms with van der Waals surface area (Å²) < 4.78 is 5.80. The average molecular weight is 255 g/mol. The highest BCUT2D eigenvalue weighted by molar-refractivity contribution is 5.98. The maximum absolute atomic E-state index is 11.5. The van der Waals surface area contributed by atoms with E-state index in [0.717, 1.165) is 22.6 Å². The smallest absolute Gasteiger partial charge is 0.251 e.